The van der Waals surface area contributed by atoms with Crippen molar-refractivity contribution in [3.05, 3.63) is 42.0 Å². The van der Waals surface area contributed by atoms with E-state index in [1.54, 1.807) is 12.1 Å². The van der Waals surface area contributed by atoms with Crippen molar-refractivity contribution in [2.75, 3.05) is 17.8 Å². The lowest BCUT2D eigenvalue weighted by molar-refractivity contribution is 0.537. The Morgan fingerprint density at radius 2 is 1.86 bits per heavy atom. The highest BCUT2D eigenvalue weighted by atomic mass is 32.2. The molecule has 0 amide bonds. The Morgan fingerprint density at radius 3 is 2.50 bits per heavy atom. The van der Waals surface area contributed by atoms with Crippen molar-refractivity contribution in [3.63, 3.8) is 0 Å². The maximum Gasteiger partial charge on any atom is 0.0451 e. The van der Waals surface area contributed by atoms with Gasteiger partial charge in [-0.25, -0.2) is 4.72 Å². The summed E-state index contributed by atoms with van der Waals surface area (Å²) in [5.74, 6) is 0.720. The molecule has 0 saturated heterocycles. The Balaban J connectivity index is 2.05. The molecule has 1 aromatic rings. The third kappa shape index (κ3) is 8.47. The highest BCUT2D eigenvalue weighted by Gasteiger charge is 2.08. The molecule has 1 atom stereocenters. The molecule has 1 unspecified atom stereocenters. The Bertz CT molecular complexity index is 418. The van der Waals surface area contributed by atoms with Gasteiger partial charge in [-0.05, 0) is 51.3 Å². The molecule has 4 heteroatoms. The van der Waals surface area contributed by atoms with Gasteiger partial charge in [-0.1, -0.05) is 43.7 Å². The van der Waals surface area contributed by atoms with Gasteiger partial charge in [0, 0.05) is 30.4 Å². The SMILES string of the molecule is C/C=C(\CC(C)C)C(C)NCCCNSNc1ccccc1. The van der Waals surface area contributed by atoms with Crippen LogP contribution in [0.2, 0.25) is 0 Å². The molecule has 124 valence electrons. The summed E-state index contributed by atoms with van der Waals surface area (Å²) in [5.41, 5.74) is 2.64. The van der Waals surface area contributed by atoms with E-state index in [-0.39, 0.29) is 0 Å². The van der Waals surface area contributed by atoms with E-state index in [1.165, 1.54) is 12.0 Å². The number of rotatable bonds is 11. The van der Waals surface area contributed by atoms with E-state index < -0.39 is 0 Å². The zero-order valence-corrected chi connectivity index (χ0v) is 15.2. The number of hydrogen-bond donors (Lipinski definition) is 3. The fourth-order valence-corrected chi connectivity index (χ4v) is 2.85. The first-order valence-electron chi connectivity index (χ1n) is 8.21. The van der Waals surface area contributed by atoms with Crippen LogP contribution in [0.1, 0.15) is 40.5 Å². The van der Waals surface area contributed by atoms with Crippen molar-refractivity contribution in [1.82, 2.24) is 10.0 Å². The van der Waals surface area contributed by atoms with Crippen molar-refractivity contribution in [1.29, 1.82) is 0 Å². The molecular weight excluding hydrogens is 290 g/mol. The molecule has 0 fully saturated rings. The summed E-state index contributed by atoms with van der Waals surface area (Å²) in [5, 5.41) is 3.61. The van der Waals surface area contributed by atoms with Crippen molar-refractivity contribution in [3.8, 4) is 0 Å². The molecule has 3 nitrogen and oxygen atoms in total. The standard InChI is InChI=1S/C18H31N3S/c1-5-17(14-15(2)3)16(4)19-12-9-13-20-22-21-18-10-7-6-8-11-18/h5-8,10-11,15-16,19-21H,9,12-14H2,1-4H3/b17-5+. The summed E-state index contributed by atoms with van der Waals surface area (Å²) >= 11 is 1.55. The number of para-hydroxylation sites is 1. The van der Waals surface area contributed by atoms with Gasteiger partial charge in [-0.2, -0.15) is 0 Å². The molecule has 0 aliphatic rings. The minimum Gasteiger partial charge on any atom is -0.317 e. The molecule has 22 heavy (non-hydrogen) atoms. The fraction of sp³-hybridized carbons (Fsp3) is 0.556. The molecule has 0 spiro atoms. The number of anilines is 1. The highest BCUT2D eigenvalue weighted by molar-refractivity contribution is 7.98. The molecule has 0 heterocycles. The van der Waals surface area contributed by atoms with E-state index in [1.807, 2.05) is 18.2 Å². The van der Waals surface area contributed by atoms with Gasteiger partial charge in [0.25, 0.3) is 0 Å². The second-order valence-electron chi connectivity index (χ2n) is 5.96. The van der Waals surface area contributed by atoms with Gasteiger partial charge in [0.05, 0.1) is 0 Å². The predicted octanol–water partition coefficient (Wildman–Crippen LogP) is 4.61. The number of benzene rings is 1. The average molecular weight is 322 g/mol. The Morgan fingerprint density at radius 1 is 1.14 bits per heavy atom. The third-order valence-corrected chi connectivity index (χ3v) is 4.18. The maximum absolute atomic E-state index is 3.61. The molecule has 0 aliphatic carbocycles. The summed E-state index contributed by atoms with van der Waals surface area (Å²) in [6, 6.07) is 10.7. The molecule has 0 aromatic heterocycles. The molecular formula is C18H31N3S. The van der Waals surface area contributed by atoms with Crippen LogP contribution in [0.3, 0.4) is 0 Å². The van der Waals surface area contributed by atoms with Crippen LogP contribution in [0.15, 0.2) is 42.0 Å². The molecule has 0 saturated carbocycles. The van der Waals surface area contributed by atoms with Gasteiger partial charge in [-0.15, -0.1) is 0 Å². The minimum absolute atomic E-state index is 0.475. The second-order valence-corrected chi connectivity index (χ2v) is 6.65. The van der Waals surface area contributed by atoms with Gasteiger partial charge in [-0.3, -0.25) is 0 Å². The monoisotopic (exact) mass is 321 g/mol. The Kier molecular flexibility index (Phi) is 10.0. The quantitative estimate of drug-likeness (QED) is 0.316. The highest BCUT2D eigenvalue weighted by Crippen LogP contribution is 2.14. The minimum atomic E-state index is 0.475. The van der Waals surface area contributed by atoms with Crippen LogP contribution in [0, 0.1) is 5.92 Å². The zero-order chi connectivity index (χ0) is 16.2. The largest absolute Gasteiger partial charge is 0.317 e. The van der Waals surface area contributed by atoms with Crippen molar-refractivity contribution < 1.29 is 0 Å². The van der Waals surface area contributed by atoms with Gasteiger partial charge < -0.3 is 10.0 Å². The van der Waals surface area contributed by atoms with Crippen LogP contribution in [0.25, 0.3) is 0 Å². The summed E-state index contributed by atoms with van der Waals surface area (Å²) in [6.07, 6.45) is 4.56. The predicted molar refractivity (Wildman–Crippen MR) is 101 cm³/mol. The van der Waals surface area contributed by atoms with Crippen LogP contribution in [-0.2, 0) is 0 Å². The first kappa shape index (κ1) is 19.1. The molecule has 1 aromatic carbocycles. The Hall–Kier alpha value is -0.970. The molecule has 0 bridgehead atoms. The van der Waals surface area contributed by atoms with Gasteiger partial charge >= 0.3 is 0 Å². The van der Waals surface area contributed by atoms with E-state index in [9.17, 15) is 0 Å². The summed E-state index contributed by atoms with van der Waals surface area (Å²) < 4.78 is 6.60. The van der Waals surface area contributed by atoms with E-state index in [0.29, 0.717) is 6.04 Å². The van der Waals surface area contributed by atoms with Crippen LogP contribution < -0.4 is 14.8 Å². The van der Waals surface area contributed by atoms with E-state index in [0.717, 1.165) is 31.1 Å². The lowest BCUT2D eigenvalue weighted by Crippen LogP contribution is -2.30. The zero-order valence-electron chi connectivity index (χ0n) is 14.4. The summed E-state index contributed by atoms with van der Waals surface area (Å²) in [7, 11) is 0. The van der Waals surface area contributed by atoms with Gasteiger partial charge in [0.1, 0.15) is 0 Å². The normalized spacial score (nSPS) is 13.4. The number of nitrogens with one attached hydrogen (secondary N) is 3. The maximum atomic E-state index is 3.61. The van der Waals surface area contributed by atoms with E-state index in [2.05, 4.69) is 60.7 Å². The lowest BCUT2D eigenvalue weighted by atomic mass is 9.97. The summed E-state index contributed by atoms with van der Waals surface area (Å²) in [6.45, 7) is 11.0. The van der Waals surface area contributed by atoms with Crippen LogP contribution in [0.5, 0.6) is 0 Å². The molecule has 3 N–H and O–H groups in total. The second kappa shape index (κ2) is 11.6. The summed E-state index contributed by atoms with van der Waals surface area (Å²) in [4.78, 5) is 0. The number of allylic oxidation sites excluding steroid dienone is 1. The fourth-order valence-electron chi connectivity index (χ4n) is 2.28. The molecule has 1 rings (SSSR count). The van der Waals surface area contributed by atoms with E-state index >= 15 is 0 Å². The first-order valence-corrected chi connectivity index (χ1v) is 9.03. The van der Waals surface area contributed by atoms with Gasteiger partial charge in [0.2, 0.25) is 0 Å². The van der Waals surface area contributed by atoms with Crippen LogP contribution in [-0.4, -0.2) is 19.1 Å². The molecule has 0 radical (unpaired) electrons. The van der Waals surface area contributed by atoms with Crippen molar-refractivity contribution >= 4 is 17.8 Å². The Labute approximate surface area is 140 Å². The smallest absolute Gasteiger partial charge is 0.0451 e. The molecule has 0 aliphatic heterocycles. The van der Waals surface area contributed by atoms with Crippen LogP contribution >= 0.6 is 12.1 Å². The topological polar surface area (TPSA) is 36.1 Å². The van der Waals surface area contributed by atoms with E-state index in [4.69, 9.17) is 0 Å². The van der Waals surface area contributed by atoms with Crippen molar-refractivity contribution in [2.24, 2.45) is 5.92 Å². The lowest BCUT2D eigenvalue weighted by Gasteiger charge is -2.19. The van der Waals surface area contributed by atoms with Crippen molar-refractivity contribution in [2.45, 2.75) is 46.6 Å². The third-order valence-electron chi connectivity index (χ3n) is 3.49. The first-order chi connectivity index (χ1) is 10.6. The van der Waals surface area contributed by atoms with Crippen LogP contribution in [0.4, 0.5) is 5.69 Å². The average Bonchev–Trinajstić information content (AvgIpc) is 2.52. The van der Waals surface area contributed by atoms with Gasteiger partial charge in [0.15, 0.2) is 0 Å². The number of hydrogen-bond acceptors (Lipinski definition) is 4.